The smallest absolute Gasteiger partial charge is 0.413 e. The van der Waals surface area contributed by atoms with Gasteiger partial charge in [0.05, 0.1) is 18.2 Å². The van der Waals surface area contributed by atoms with Crippen LogP contribution < -0.4 is 4.90 Å². The lowest BCUT2D eigenvalue weighted by Gasteiger charge is -2.40. The summed E-state index contributed by atoms with van der Waals surface area (Å²) in [5, 5.41) is 6.48. The maximum Gasteiger partial charge on any atom is 0.470 e. The summed E-state index contributed by atoms with van der Waals surface area (Å²) < 4.78 is 58.6. The third-order valence-electron chi connectivity index (χ3n) is 5.81. The van der Waals surface area contributed by atoms with E-state index < -0.39 is 23.8 Å². The second-order valence-electron chi connectivity index (χ2n) is 8.35. The van der Waals surface area contributed by atoms with E-state index in [2.05, 4.69) is 15.2 Å². The van der Waals surface area contributed by atoms with Gasteiger partial charge in [0, 0.05) is 43.7 Å². The van der Waals surface area contributed by atoms with Gasteiger partial charge in [-0.15, -0.1) is 10.2 Å². The standard InChI is InChI=1S/C23H18F4N6O3/c1-13(34)32-9-15(10-32)21(35)33(18-4-2-3-16(24)8-18)12-17-11-31-6-5-14(7-19(31)28-17)20-29-30-22(36-20)23(25,26)27/h2-8,11,15H,9-10,12H2,1H3. The van der Waals surface area contributed by atoms with E-state index in [-0.39, 0.29) is 42.9 Å². The molecule has 36 heavy (non-hydrogen) atoms. The third-order valence-corrected chi connectivity index (χ3v) is 5.81. The fourth-order valence-electron chi connectivity index (χ4n) is 3.91. The van der Waals surface area contributed by atoms with E-state index >= 15 is 0 Å². The van der Waals surface area contributed by atoms with Crippen LogP contribution in [0.1, 0.15) is 18.5 Å². The predicted molar refractivity (Wildman–Crippen MR) is 117 cm³/mol. The van der Waals surface area contributed by atoms with Crippen molar-refractivity contribution < 1.29 is 31.6 Å². The van der Waals surface area contributed by atoms with E-state index in [0.717, 1.165) is 0 Å². The molecule has 1 aromatic carbocycles. The Morgan fingerprint density at radius 2 is 1.94 bits per heavy atom. The number of imidazole rings is 1. The molecule has 186 valence electrons. The van der Waals surface area contributed by atoms with E-state index in [1.54, 1.807) is 27.8 Å². The summed E-state index contributed by atoms with van der Waals surface area (Å²) in [4.78, 5) is 32.2. The summed E-state index contributed by atoms with van der Waals surface area (Å²) in [6, 6.07) is 8.56. The Morgan fingerprint density at radius 3 is 2.61 bits per heavy atom. The van der Waals surface area contributed by atoms with Crippen molar-refractivity contribution in [3.63, 3.8) is 0 Å². The molecular formula is C23H18F4N6O3. The van der Waals surface area contributed by atoms with E-state index in [9.17, 15) is 27.2 Å². The molecule has 3 aromatic heterocycles. The highest BCUT2D eigenvalue weighted by Gasteiger charge is 2.39. The fraction of sp³-hybridized carbons (Fsp3) is 0.261. The third kappa shape index (κ3) is 4.51. The van der Waals surface area contributed by atoms with E-state index in [1.807, 2.05) is 0 Å². The maximum atomic E-state index is 13.9. The zero-order valence-electron chi connectivity index (χ0n) is 18.7. The van der Waals surface area contributed by atoms with Crippen molar-refractivity contribution in [1.29, 1.82) is 0 Å². The molecule has 2 amide bonds. The molecule has 0 bridgehead atoms. The van der Waals surface area contributed by atoms with Crippen LogP contribution in [0, 0.1) is 11.7 Å². The monoisotopic (exact) mass is 502 g/mol. The Bertz CT molecular complexity index is 1460. The molecule has 9 nitrogen and oxygen atoms in total. The molecule has 0 unspecified atom stereocenters. The first-order valence-electron chi connectivity index (χ1n) is 10.8. The zero-order chi connectivity index (χ0) is 25.6. The number of alkyl halides is 3. The Kier molecular flexibility index (Phi) is 5.69. The number of hydrogen-bond acceptors (Lipinski definition) is 6. The lowest BCUT2D eigenvalue weighted by atomic mass is 9.98. The van der Waals surface area contributed by atoms with Gasteiger partial charge < -0.3 is 18.6 Å². The van der Waals surface area contributed by atoms with Crippen molar-refractivity contribution in [2.75, 3.05) is 18.0 Å². The molecular weight excluding hydrogens is 484 g/mol. The lowest BCUT2D eigenvalue weighted by Crippen LogP contribution is -2.56. The second-order valence-corrected chi connectivity index (χ2v) is 8.35. The minimum Gasteiger partial charge on any atom is -0.413 e. The predicted octanol–water partition coefficient (Wildman–Crippen LogP) is 3.55. The highest BCUT2D eigenvalue weighted by atomic mass is 19.4. The molecule has 5 rings (SSSR count). The summed E-state index contributed by atoms with van der Waals surface area (Å²) in [5.74, 6) is -3.11. The van der Waals surface area contributed by atoms with Gasteiger partial charge in [0.1, 0.15) is 11.5 Å². The van der Waals surface area contributed by atoms with Crippen LogP contribution in [0.2, 0.25) is 0 Å². The quantitative estimate of drug-likeness (QED) is 0.388. The largest absolute Gasteiger partial charge is 0.470 e. The molecule has 4 heterocycles. The van der Waals surface area contributed by atoms with Gasteiger partial charge in [0.25, 0.3) is 0 Å². The molecule has 0 saturated carbocycles. The van der Waals surface area contributed by atoms with Crippen molar-refractivity contribution in [1.82, 2.24) is 24.5 Å². The maximum absolute atomic E-state index is 13.9. The Labute approximate surface area is 201 Å². The van der Waals surface area contributed by atoms with Gasteiger partial charge >= 0.3 is 12.1 Å². The zero-order valence-corrected chi connectivity index (χ0v) is 18.7. The Hall–Kier alpha value is -4.29. The number of nitrogens with zero attached hydrogens (tertiary/aromatic N) is 6. The molecule has 4 aromatic rings. The summed E-state index contributed by atoms with van der Waals surface area (Å²) >= 11 is 0. The van der Waals surface area contributed by atoms with Crippen LogP contribution in [-0.2, 0) is 22.3 Å². The topological polar surface area (TPSA) is 96.8 Å². The van der Waals surface area contributed by atoms with Gasteiger partial charge in [0.2, 0.25) is 17.7 Å². The summed E-state index contributed by atoms with van der Waals surface area (Å²) in [6.45, 7) is 1.99. The van der Waals surface area contributed by atoms with E-state index in [0.29, 0.717) is 17.0 Å². The van der Waals surface area contributed by atoms with Gasteiger partial charge in [-0.1, -0.05) is 6.07 Å². The molecule has 0 N–H and O–H groups in total. The van der Waals surface area contributed by atoms with Crippen LogP contribution >= 0.6 is 0 Å². The number of benzene rings is 1. The van der Waals surface area contributed by atoms with Gasteiger partial charge in [-0.05, 0) is 30.3 Å². The summed E-state index contributed by atoms with van der Waals surface area (Å²) in [6.07, 6.45) is -1.55. The highest BCUT2D eigenvalue weighted by molar-refractivity contribution is 5.96. The normalized spacial score (nSPS) is 14.2. The Balaban J connectivity index is 1.42. The first kappa shape index (κ1) is 23.5. The van der Waals surface area contributed by atoms with Crippen molar-refractivity contribution >= 4 is 23.1 Å². The number of amides is 2. The molecule has 1 fully saturated rings. The molecule has 1 saturated heterocycles. The number of likely N-dealkylation sites (tertiary alicyclic amines) is 1. The number of hydrogen-bond donors (Lipinski definition) is 0. The van der Waals surface area contributed by atoms with E-state index in [1.165, 1.54) is 42.2 Å². The van der Waals surface area contributed by atoms with Crippen LogP contribution in [0.3, 0.4) is 0 Å². The number of carbonyl (C=O) groups is 2. The van der Waals surface area contributed by atoms with Crippen molar-refractivity contribution in [3.8, 4) is 11.5 Å². The molecule has 0 spiro atoms. The van der Waals surface area contributed by atoms with Crippen molar-refractivity contribution in [3.05, 3.63) is 66.2 Å². The van der Waals surface area contributed by atoms with E-state index in [4.69, 9.17) is 4.42 Å². The molecule has 1 aliphatic heterocycles. The first-order valence-corrected chi connectivity index (χ1v) is 10.8. The van der Waals surface area contributed by atoms with Crippen molar-refractivity contribution in [2.45, 2.75) is 19.6 Å². The number of fused-ring (bicyclic) bond motifs is 1. The number of carbonyl (C=O) groups excluding carboxylic acids is 2. The molecule has 1 aliphatic rings. The van der Waals surface area contributed by atoms with Gasteiger partial charge in [-0.3, -0.25) is 9.59 Å². The van der Waals surface area contributed by atoms with Crippen molar-refractivity contribution in [2.24, 2.45) is 5.92 Å². The Morgan fingerprint density at radius 1 is 1.17 bits per heavy atom. The number of halogens is 4. The van der Waals surface area contributed by atoms with Crippen LogP contribution in [0.4, 0.5) is 23.2 Å². The van der Waals surface area contributed by atoms with Crippen LogP contribution in [0.25, 0.3) is 17.1 Å². The highest BCUT2D eigenvalue weighted by Crippen LogP contribution is 2.31. The molecule has 0 radical (unpaired) electrons. The van der Waals surface area contributed by atoms with Gasteiger partial charge in [-0.2, -0.15) is 13.2 Å². The molecule has 0 atom stereocenters. The average Bonchev–Trinajstić information content (AvgIpc) is 3.42. The first-order chi connectivity index (χ1) is 17.1. The number of rotatable bonds is 5. The van der Waals surface area contributed by atoms with Crippen LogP contribution in [-0.4, -0.2) is 49.4 Å². The number of pyridine rings is 1. The lowest BCUT2D eigenvalue weighted by molar-refractivity contribution is -0.157. The molecule has 13 heteroatoms. The molecule has 0 aliphatic carbocycles. The summed E-state index contributed by atoms with van der Waals surface area (Å²) in [7, 11) is 0. The number of anilines is 1. The number of aromatic nitrogens is 4. The minimum atomic E-state index is -4.76. The average molecular weight is 502 g/mol. The summed E-state index contributed by atoms with van der Waals surface area (Å²) in [5.41, 5.74) is 1.39. The SMILES string of the molecule is CC(=O)N1CC(C(=O)N(Cc2cn3ccc(-c4nnc(C(F)(F)F)o4)cc3n2)c2cccc(F)c2)C1. The van der Waals surface area contributed by atoms with Crippen LogP contribution in [0.5, 0.6) is 0 Å². The van der Waals surface area contributed by atoms with Crippen LogP contribution in [0.15, 0.2) is 53.2 Å². The minimum absolute atomic E-state index is 0.00858. The second kappa shape index (κ2) is 8.73. The fourth-order valence-corrected chi connectivity index (χ4v) is 3.91. The van der Waals surface area contributed by atoms with Gasteiger partial charge in [-0.25, -0.2) is 9.37 Å². The van der Waals surface area contributed by atoms with Gasteiger partial charge in [0.15, 0.2) is 0 Å².